The van der Waals surface area contributed by atoms with Gasteiger partial charge in [0.25, 0.3) is 0 Å². The standard InChI is InChI=1S/C8H18O.Na.H2O4S.H/c1-8(2)6-4-3-5-7-9;;1-5(2,3)4;/h8-9H,3-7H2,1-2H3;;(H2,1,2,3,4);/q;+1;;-1. The van der Waals surface area contributed by atoms with Gasteiger partial charge in [-0.25, -0.2) is 0 Å². The first-order valence-electron chi connectivity index (χ1n) is 4.58. The molecule has 0 unspecified atom stereocenters. The van der Waals surface area contributed by atoms with Crippen molar-refractivity contribution in [2.75, 3.05) is 6.61 Å². The van der Waals surface area contributed by atoms with Crippen LogP contribution in [-0.4, -0.2) is 29.2 Å². The van der Waals surface area contributed by atoms with E-state index >= 15 is 0 Å². The van der Waals surface area contributed by atoms with Crippen molar-refractivity contribution in [1.29, 1.82) is 0 Å². The summed E-state index contributed by atoms with van der Waals surface area (Å²) in [6.45, 7) is 4.83. The number of hydrogen-bond acceptors (Lipinski definition) is 3. The Labute approximate surface area is 116 Å². The van der Waals surface area contributed by atoms with Crippen LogP contribution in [0.5, 0.6) is 0 Å². The molecule has 0 aromatic carbocycles. The van der Waals surface area contributed by atoms with Crippen molar-refractivity contribution in [3.8, 4) is 0 Å². The van der Waals surface area contributed by atoms with Gasteiger partial charge in [-0.15, -0.1) is 0 Å². The molecule has 0 aliphatic rings. The SMILES string of the molecule is CC(C)CCCCCO.O=S(=O)(O)O.[H-].[Na+]. The molecule has 0 atom stereocenters. The molecule has 0 amide bonds. The maximum atomic E-state index is 8.74. The molecule has 0 radical (unpaired) electrons. The fourth-order valence-corrected chi connectivity index (χ4v) is 0.841. The molecule has 5 nitrogen and oxygen atoms in total. The van der Waals surface area contributed by atoms with Crippen molar-refractivity contribution in [2.24, 2.45) is 5.92 Å². The molecule has 15 heavy (non-hydrogen) atoms. The van der Waals surface area contributed by atoms with Crippen LogP contribution in [0.4, 0.5) is 0 Å². The number of unbranched alkanes of at least 4 members (excludes halogenated alkanes) is 2. The summed E-state index contributed by atoms with van der Waals surface area (Å²) < 4.78 is 31.6. The van der Waals surface area contributed by atoms with Gasteiger partial charge >= 0.3 is 40.0 Å². The minimum Gasteiger partial charge on any atom is -1.00 e. The fraction of sp³-hybridized carbons (Fsp3) is 1.00. The normalized spacial score (nSPS) is 10.3. The second-order valence-corrected chi connectivity index (χ2v) is 4.31. The Morgan fingerprint density at radius 3 is 1.80 bits per heavy atom. The van der Waals surface area contributed by atoms with E-state index < -0.39 is 10.4 Å². The summed E-state index contributed by atoms with van der Waals surface area (Å²) in [5.41, 5.74) is 0. The van der Waals surface area contributed by atoms with E-state index in [-0.39, 0.29) is 31.0 Å². The summed E-state index contributed by atoms with van der Waals surface area (Å²) in [5.74, 6) is 0.823. The molecule has 0 rings (SSSR count). The van der Waals surface area contributed by atoms with E-state index in [0.29, 0.717) is 6.61 Å². The average Bonchev–Trinajstić information content (AvgIpc) is 1.94. The third kappa shape index (κ3) is 52.3. The van der Waals surface area contributed by atoms with Gasteiger partial charge in [0.2, 0.25) is 0 Å². The van der Waals surface area contributed by atoms with E-state index in [1.54, 1.807) is 0 Å². The summed E-state index contributed by atoms with van der Waals surface area (Å²) in [6.07, 6.45) is 4.75. The first kappa shape index (κ1) is 21.1. The van der Waals surface area contributed by atoms with E-state index in [4.69, 9.17) is 22.6 Å². The third-order valence-corrected chi connectivity index (χ3v) is 1.44. The molecular weight excluding hydrogens is 231 g/mol. The molecular formula is C8H21NaO5S. The van der Waals surface area contributed by atoms with Crippen LogP contribution in [-0.2, 0) is 10.4 Å². The third-order valence-electron chi connectivity index (χ3n) is 1.44. The average molecular weight is 252 g/mol. The molecule has 0 heterocycles. The van der Waals surface area contributed by atoms with Crippen LogP contribution in [0.25, 0.3) is 0 Å². The molecule has 90 valence electrons. The first-order valence-corrected chi connectivity index (χ1v) is 5.97. The molecule has 0 spiro atoms. The quantitative estimate of drug-likeness (QED) is 0.320. The van der Waals surface area contributed by atoms with E-state index in [0.717, 1.165) is 12.3 Å². The van der Waals surface area contributed by atoms with Crippen LogP contribution in [0.1, 0.15) is 41.0 Å². The van der Waals surface area contributed by atoms with Crippen LogP contribution >= 0.6 is 0 Å². The Morgan fingerprint density at radius 2 is 1.53 bits per heavy atom. The molecule has 3 N–H and O–H groups in total. The monoisotopic (exact) mass is 252 g/mol. The summed E-state index contributed by atoms with van der Waals surface area (Å²) in [6, 6.07) is 0. The van der Waals surface area contributed by atoms with E-state index in [1.165, 1.54) is 19.3 Å². The largest absolute Gasteiger partial charge is 1.00 e. The fourth-order valence-electron chi connectivity index (χ4n) is 0.841. The van der Waals surface area contributed by atoms with Crippen molar-refractivity contribution < 1.29 is 53.6 Å². The Balaban J connectivity index is -0.0000000904. The Kier molecular flexibility index (Phi) is 18.2. The van der Waals surface area contributed by atoms with Gasteiger partial charge in [0.1, 0.15) is 0 Å². The predicted molar refractivity (Wildman–Crippen MR) is 55.7 cm³/mol. The van der Waals surface area contributed by atoms with Crippen LogP contribution in [0.15, 0.2) is 0 Å². The van der Waals surface area contributed by atoms with E-state index in [2.05, 4.69) is 13.8 Å². The summed E-state index contributed by atoms with van der Waals surface area (Å²) in [7, 11) is -4.67. The van der Waals surface area contributed by atoms with Crippen molar-refractivity contribution >= 4 is 10.4 Å². The molecule has 0 bridgehead atoms. The molecule has 0 aromatic rings. The van der Waals surface area contributed by atoms with Crippen molar-refractivity contribution in [2.45, 2.75) is 39.5 Å². The minimum atomic E-state index is -4.67. The summed E-state index contributed by atoms with van der Waals surface area (Å²) in [4.78, 5) is 0. The first-order chi connectivity index (χ1) is 6.27. The van der Waals surface area contributed by atoms with Gasteiger partial charge in [-0.2, -0.15) is 8.42 Å². The van der Waals surface area contributed by atoms with Crippen LogP contribution < -0.4 is 29.6 Å². The Morgan fingerprint density at radius 1 is 1.13 bits per heavy atom. The van der Waals surface area contributed by atoms with Gasteiger partial charge in [0.05, 0.1) is 0 Å². The molecule has 0 aromatic heterocycles. The molecule has 7 heteroatoms. The minimum absolute atomic E-state index is 0. The number of aliphatic hydroxyl groups excluding tert-OH is 1. The van der Waals surface area contributed by atoms with Gasteiger partial charge in [-0.05, 0) is 12.3 Å². The molecule has 0 aliphatic heterocycles. The van der Waals surface area contributed by atoms with Crippen LogP contribution in [0.2, 0.25) is 0 Å². The molecule has 0 saturated heterocycles. The van der Waals surface area contributed by atoms with Gasteiger partial charge in [-0.1, -0.05) is 33.1 Å². The zero-order valence-corrected chi connectivity index (χ0v) is 12.5. The Bertz CT molecular complexity index is 200. The van der Waals surface area contributed by atoms with Crippen molar-refractivity contribution in [3.63, 3.8) is 0 Å². The summed E-state index contributed by atoms with van der Waals surface area (Å²) >= 11 is 0. The van der Waals surface area contributed by atoms with Crippen LogP contribution in [0.3, 0.4) is 0 Å². The number of hydrogen-bond donors (Lipinski definition) is 3. The topological polar surface area (TPSA) is 94.8 Å². The van der Waals surface area contributed by atoms with Gasteiger partial charge in [-0.3, -0.25) is 9.11 Å². The zero-order chi connectivity index (χ0) is 11.6. The maximum absolute atomic E-state index is 8.74. The second kappa shape index (κ2) is 12.9. The van der Waals surface area contributed by atoms with E-state index in [1.807, 2.05) is 0 Å². The van der Waals surface area contributed by atoms with Gasteiger partial charge in [0.15, 0.2) is 0 Å². The number of rotatable bonds is 5. The number of aliphatic hydroxyl groups is 1. The van der Waals surface area contributed by atoms with Crippen molar-refractivity contribution in [1.82, 2.24) is 0 Å². The van der Waals surface area contributed by atoms with Crippen molar-refractivity contribution in [3.05, 3.63) is 0 Å². The Hall–Kier alpha value is 0.830. The molecule has 0 fully saturated rings. The molecule has 0 saturated carbocycles. The zero-order valence-electron chi connectivity index (χ0n) is 10.7. The van der Waals surface area contributed by atoms with Gasteiger partial charge < -0.3 is 6.53 Å². The smallest absolute Gasteiger partial charge is 1.00 e. The molecule has 0 aliphatic carbocycles. The van der Waals surface area contributed by atoms with E-state index in [9.17, 15) is 0 Å². The van der Waals surface area contributed by atoms with Crippen LogP contribution in [0, 0.1) is 5.92 Å². The maximum Gasteiger partial charge on any atom is 1.00 e. The predicted octanol–water partition coefficient (Wildman–Crippen LogP) is -1.34. The summed E-state index contributed by atoms with van der Waals surface area (Å²) in [5, 5.41) is 8.43. The second-order valence-electron chi connectivity index (χ2n) is 3.41. The van der Waals surface area contributed by atoms with Gasteiger partial charge in [0, 0.05) is 6.61 Å².